The van der Waals surface area contributed by atoms with Crippen molar-refractivity contribution in [2.24, 2.45) is 11.8 Å². The zero-order chi connectivity index (χ0) is 16.1. The summed E-state index contributed by atoms with van der Waals surface area (Å²) in [4.78, 5) is 22.4. The lowest BCUT2D eigenvalue weighted by molar-refractivity contribution is 0.0695. The highest BCUT2D eigenvalue weighted by Crippen LogP contribution is 2.29. The number of carbonyl (C=O) groups excluding carboxylic acids is 1. The maximum Gasteiger partial charge on any atom is 0.274 e. The molecule has 1 aliphatic heterocycles. The summed E-state index contributed by atoms with van der Waals surface area (Å²) in [6.07, 6.45) is 12.3. The third-order valence-corrected chi connectivity index (χ3v) is 5.52. The Bertz CT molecular complexity index is 499. The maximum atomic E-state index is 12.4. The average Bonchev–Trinajstić information content (AvgIpc) is 2.62. The first-order chi connectivity index (χ1) is 11.2. The summed E-state index contributed by atoms with van der Waals surface area (Å²) >= 11 is 0. The third kappa shape index (κ3) is 4.28. The van der Waals surface area contributed by atoms with Crippen LogP contribution >= 0.6 is 0 Å². The maximum absolute atomic E-state index is 12.4. The minimum atomic E-state index is 0.0115. The zero-order valence-electron chi connectivity index (χ0n) is 14.1. The van der Waals surface area contributed by atoms with Crippen molar-refractivity contribution in [1.82, 2.24) is 20.2 Å². The third-order valence-electron chi connectivity index (χ3n) is 5.52. The molecule has 0 radical (unpaired) electrons. The molecule has 0 bridgehead atoms. The first kappa shape index (κ1) is 16.4. The fourth-order valence-electron chi connectivity index (χ4n) is 3.87. The molecule has 3 rings (SSSR count). The van der Waals surface area contributed by atoms with Gasteiger partial charge in [0, 0.05) is 31.5 Å². The van der Waals surface area contributed by atoms with E-state index in [2.05, 4.69) is 22.2 Å². The minimum Gasteiger partial charge on any atom is -0.337 e. The fraction of sp³-hybridized carbons (Fsp3) is 0.722. The van der Waals surface area contributed by atoms with E-state index in [0.717, 1.165) is 44.3 Å². The van der Waals surface area contributed by atoms with Crippen molar-refractivity contribution in [3.8, 4) is 0 Å². The van der Waals surface area contributed by atoms with Gasteiger partial charge in [-0.25, -0.2) is 4.98 Å². The molecule has 2 fully saturated rings. The Morgan fingerprint density at radius 2 is 2.00 bits per heavy atom. The Kier molecular flexibility index (Phi) is 5.60. The second-order valence-electron chi connectivity index (χ2n) is 7.09. The van der Waals surface area contributed by atoms with Gasteiger partial charge in [0.1, 0.15) is 5.69 Å². The van der Waals surface area contributed by atoms with Crippen LogP contribution in [0.1, 0.15) is 55.9 Å². The van der Waals surface area contributed by atoms with Crippen molar-refractivity contribution in [3.63, 3.8) is 0 Å². The largest absolute Gasteiger partial charge is 0.337 e. The number of carbonyl (C=O) groups is 1. The van der Waals surface area contributed by atoms with Crippen LogP contribution in [0.25, 0.3) is 0 Å². The monoisotopic (exact) mass is 316 g/mol. The van der Waals surface area contributed by atoms with Crippen LogP contribution in [0, 0.1) is 11.8 Å². The SMILES string of the molecule is CC1CCCCC1CNC1CCN(C(=O)c2cnccn2)CC1. The quantitative estimate of drug-likeness (QED) is 0.927. The molecule has 126 valence electrons. The van der Waals surface area contributed by atoms with Crippen LogP contribution < -0.4 is 5.32 Å². The van der Waals surface area contributed by atoms with Gasteiger partial charge in [-0.2, -0.15) is 0 Å². The Balaban J connectivity index is 1.42. The molecule has 1 saturated carbocycles. The smallest absolute Gasteiger partial charge is 0.274 e. The van der Waals surface area contributed by atoms with Crippen molar-refractivity contribution in [1.29, 1.82) is 0 Å². The van der Waals surface area contributed by atoms with Crippen molar-refractivity contribution >= 4 is 5.91 Å². The normalized spacial score (nSPS) is 26.2. The summed E-state index contributed by atoms with van der Waals surface area (Å²) in [5.74, 6) is 1.70. The molecule has 1 amide bonds. The predicted molar refractivity (Wildman–Crippen MR) is 90.1 cm³/mol. The van der Waals surface area contributed by atoms with Crippen LogP contribution in [-0.4, -0.2) is 46.5 Å². The van der Waals surface area contributed by atoms with Gasteiger partial charge in [-0.15, -0.1) is 0 Å². The summed E-state index contributed by atoms with van der Waals surface area (Å²) < 4.78 is 0. The van der Waals surface area contributed by atoms with Gasteiger partial charge in [-0.05, 0) is 37.6 Å². The predicted octanol–water partition coefficient (Wildman–Crippen LogP) is 2.50. The van der Waals surface area contributed by atoms with Crippen molar-refractivity contribution in [2.45, 2.75) is 51.5 Å². The Morgan fingerprint density at radius 3 is 2.70 bits per heavy atom. The highest BCUT2D eigenvalue weighted by molar-refractivity contribution is 5.92. The van der Waals surface area contributed by atoms with Gasteiger partial charge in [-0.1, -0.05) is 26.2 Å². The van der Waals surface area contributed by atoms with Gasteiger partial charge in [0.25, 0.3) is 5.91 Å². The number of likely N-dealkylation sites (tertiary alicyclic amines) is 1. The number of aromatic nitrogens is 2. The lowest BCUT2D eigenvalue weighted by Crippen LogP contribution is -2.46. The van der Waals surface area contributed by atoms with Crippen molar-refractivity contribution in [3.05, 3.63) is 24.3 Å². The lowest BCUT2D eigenvalue weighted by Gasteiger charge is -2.35. The van der Waals surface area contributed by atoms with Gasteiger partial charge >= 0.3 is 0 Å². The summed E-state index contributed by atoms with van der Waals surface area (Å²) in [6.45, 7) is 5.16. The molecule has 1 aromatic rings. The van der Waals surface area contributed by atoms with Crippen LogP contribution in [0.3, 0.4) is 0 Å². The van der Waals surface area contributed by atoms with Crippen LogP contribution in [0.15, 0.2) is 18.6 Å². The average molecular weight is 316 g/mol. The van der Waals surface area contributed by atoms with E-state index in [4.69, 9.17) is 0 Å². The molecule has 0 aromatic carbocycles. The first-order valence-electron chi connectivity index (χ1n) is 9.02. The molecule has 2 aliphatic rings. The van der Waals surface area contributed by atoms with E-state index in [9.17, 15) is 4.79 Å². The second kappa shape index (κ2) is 7.86. The number of rotatable bonds is 4. The molecule has 2 atom stereocenters. The van der Waals surface area contributed by atoms with Gasteiger partial charge in [0.2, 0.25) is 0 Å². The van der Waals surface area contributed by atoms with E-state index in [1.54, 1.807) is 18.6 Å². The molecule has 23 heavy (non-hydrogen) atoms. The van der Waals surface area contributed by atoms with Crippen LogP contribution in [0.4, 0.5) is 0 Å². The minimum absolute atomic E-state index is 0.0115. The molecule has 5 heteroatoms. The molecular formula is C18H28N4O. The zero-order valence-corrected chi connectivity index (χ0v) is 14.1. The Morgan fingerprint density at radius 1 is 1.22 bits per heavy atom. The number of amides is 1. The molecule has 5 nitrogen and oxygen atoms in total. The van der Waals surface area contributed by atoms with E-state index in [-0.39, 0.29) is 5.91 Å². The van der Waals surface area contributed by atoms with E-state index in [1.807, 2.05) is 4.90 Å². The number of piperidine rings is 1. The molecule has 0 spiro atoms. The standard InChI is InChI=1S/C18H28N4O/c1-14-4-2-3-5-15(14)12-21-16-6-10-22(11-7-16)18(23)17-13-19-8-9-20-17/h8-9,13-16,21H,2-7,10-12H2,1H3. The molecule has 1 aliphatic carbocycles. The van der Waals surface area contributed by atoms with E-state index >= 15 is 0 Å². The highest BCUT2D eigenvalue weighted by atomic mass is 16.2. The van der Waals surface area contributed by atoms with Gasteiger partial charge in [-0.3, -0.25) is 9.78 Å². The fourth-order valence-corrected chi connectivity index (χ4v) is 3.87. The summed E-state index contributed by atoms with van der Waals surface area (Å²) in [5.41, 5.74) is 0.454. The second-order valence-corrected chi connectivity index (χ2v) is 7.09. The lowest BCUT2D eigenvalue weighted by atomic mass is 9.80. The number of hydrogen-bond acceptors (Lipinski definition) is 4. The summed E-state index contributed by atoms with van der Waals surface area (Å²) in [5, 5.41) is 3.76. The first-order valence-corrected chi connectivity index (χ1v) is 9.02. The Hall–Kier alpha value is -1.49. The summed E-state index contributed by atoms with van der Waals surface area (Å²) in [7, 11) is 0. The molecule has 1 N–H and O–H groups in total. The van der Waals surface area contributed by atoms with Crippen LogP contribution in [0.2, 0.25) is 0 Å². The highest BCUT2D eigenvalue weighted by Gasteiger charge is 2.26. The van der Waals surface area contributed by atoms with Gasteiger partial charge < -0.3 is 10.2 Å². The number of nitrogens with one attached hydrogen (secondary N) is 1. The van der Waals surface area contributed by atoms with E-state index in [1.165, 1.54) is 25.7 Å². The van der Waals surface area contributed by atoms with E-state index < -0.39 is 0 Å². The topological polar surface area (TPSA) is 58.1 Å². The molecule has 2 unspecified atom stereocenters. The van der Waals surface area contributed by atoms with Crippen LogP contribution in [-0.2, 0) is 0 Å². The molecule has 2 heterocycles. The number of hydrogen-bond donors (Lipinski definition) is 1. The molecule has 1 aromatic heterocycles. The summed E-state index contributed by atoms with van der Waals surface area (Å²) in [6, 6.07) is 0.551. The van der Waals surface area contributed by atoms with E-state index in [0.29, 0.717) is 11.7 Å². The van der Waals surface area contributed by atoms with Crippen molar-refractivity contribution < 1.29 is 4.79 Å². The van der Waals surface area contributed by atoms with Gasteiger partial charge in [0.15, 0.2) is 0 Å². The number of nitrogens with zero attached hydrogens (tertiary/aromatic N) is 3. The van der Waals surface area contributed by atoms with Crippen LogP contribution in [0.5, 0.6) is 0 Å². The Labute approximate surface area is 138 Å². The molecular weight excluding hydrogens is 288 g/mol. The molecule has 1 saturated heterocycles. The van der Waals surface area contributed by atoms with Crippen molar-refractivity contribution in [2.75, 3.05) is 19.6 Å². The van der Waals surface area contributed by atoms with Gasteiger partial charge in [0.05, 0.1) is 6.20 Å².